The molecule has 0 bridgehead atoms. The Morgan fingerprint density at radius 1 is 1.18 bits per heavy atom. The van der Waals surface area contributed by atoms with Gasteiger partial charge in [-0.2, -0.15) is 9.29 Å². The summed E-state index contributed by atoms with van der Waals surface area (Å²) in [6.45, 7) is 4.86. The minimum atomic E-state index is -3.78. The van der Waals surface area contributed by atoms with Crippen LogP contribution in [0.1, 0.15) is 23.6 Å². The first-order chi connectivity index (χ1) is 16.3. The first-order valence-electron chi connectivity index (χ1n) is 10.9. The van der Waals surface area contributed by atoms with Crippen molar-refractivity contribution in [3.63, 3.8) is 0 Å². The first-order valence-corrected chi connectivity index (χ1v) is 13.2. The van der Waals surface area contributed by atoms with Gasteiger partial charge in [-0.3, -0.25) is 4.79 Å². The van der Waals surface area contributed by atoms with Gasteiger partial charge in [0.05, 0.1) is 15.7 Å². The summed E-state index contributed by atoms with van der Waals surface area (Å²) >= 11 is 1.30. The van der Waals surface area contributed by atoms with Crippen molar-refractivity contribution in [2.75, 3.05) is 31.6 Å². The molecular weight excluding hydrogens is 480 g/mol. The van der Waals surface area contributed by atoms with Crippen LogP contribution in [-0.4, -0.2) is 55.1 Å². The van der Waals surface area contributed by atoms with Crippen molar-refractivity contribution in [2.24, 2.45) is 5.92 Å². The van der Waals surface area contributed by atoms with Gasteiger partial charge in [0.2, 0.25) is 27.6 Å². The summed E-state index contributed by atoms with van der Waals surface area (Å²) in [5.41, 5.74) is 0.586. The van der Waals surface area contributed by atoms with E-state index < -0.39 is 15.9 Å². The third-order valence-electron chi connectivity index (χ3n) is 5.80. The molecule has 1 N–H and O–H groups in total. The maximum atomic E-state index is 13.5. The van der Waals surface area contributed by atoms with E-state index in [1.54, 1.807) is 38.1 Å². The zero-order chi connectivity index (χ0) is 23.9. The van der Waals surface area contributed by atoms with E-state index in [9.17, 15) is 13.2 Å². The third-order valence-corrected chi connectivity index (χ3v) is 8.97. The van der Waals surface area contributed by atoms with Gasteiger partial charge in [-0.1, -0.05) is 5.16 Å². The quantitative estimate of drug-likeness (QED) is 0.562. The van der Waals surface area contributed by atoms with Crippen LogP contribution in [-0.2, 0) is 14.8 Å². The van der Waals surface area contributed by atoms with Crippen molar-refractivity contribution in [3.05, 3.63) is 35.0 Å². The molecule has 4 heterocycles. The molecule has 2 aromatic heterocycles. The van der Waals surface area contributed by atoms with Gasteiger partial charge in [0, 0.05) is 36.6 Å². The molecule has 3 aromatic rings. The standard InChI is InChI=1S/C22H24N4O6S2/c1-13-20(11-19(33-13)21-23-14(2)32-25-21)34(28,29)26-7-3-4-15(12-26)22(27)24-16-5-6-17-18(10-16)31-9-8-30-17/h5-6,10-11,15H,3-4,7-9,12H2,1-2H3,(H,24,27)/t15-/m1/s1. The van der Waals surface area contributed by atoms with Gasteiger partial charge < -0.3 is 19.3 Å². The van der Waals surface area contributed by atoms with Gasteiger partial charge >= 0.3 is 0 Å². The summed E-state index contributed by atoms with van der Waals surface area (Å²) in [6.07, 6.45) is 1.21. The number of amides is 1. The smallest absolute Gasteiger partial charge is 0.244 e. The van der Waals surface area contributed by atoms with Crippen LogP contribution in [0, 0.1) is 19.8 Å². The molecule has 180 valence electrons. The van der Waals surface area contributed by atoms with E-state index in [0.717, 1.165) is 0 Å². The fraction of sp³-hybridized carbons (Fsp3) is 0.409. The van der Waals surface area contributed by atoms with E-state index >= 15 is 0 Å². The Kier molecular flexibility index (Phi) is 6.04. The first kappa shape index (κ1) is 22.8. The van der Waals surface area contributed by atoms with Crippen molar-refractivity contribution in [1.82, 2.24) is 14.4 Å². The monoisotopic (exact) mass is 504 g/mol. The Balaban J connectivity index is 1.31. The molecule has 1 atom stereocenters. The van der Waals surface area contributed by atoms with E-state index in [4.69, 9.17) is 14.0 Å². The molecule has 0 saturated carbocycles. The number of rotatable bonds is 5. The zero-order valence-corrected chi connectivity index (χ0v) is 20.4. The number of aryl methyl sites for hydroxylation is 2. The molecule has 10 nitrogen and oxygen atoms in total. The highest BCUT2D eigenvalue weighted by Gasteiger charge is 2.35. The lowest BCUT2D eigenvalue weighted by Gasteiger charge is -2.31. The van der Waals surface area contributed by atoms with Crippen LogP contribution in [0.4, 0.5) is 5.69 Å². The maximum Gasteiger partial charge on any atom is 0.244 e. The molecule has 2 aliphatic heterocycles. The van der Waals surface area contributed by atoms with Gasteiger partial charge in [-0.25, -0.2) is 8.42 Å². The molecule has 0 spiro atoms. The van der Waals surface area contributed by atoms with E-state index in [1.165, 1.54) is 15.6 Å². The predicted octanol–water partition coefficient (Wildman–Crippen LogP) is 3.23. The SMILES string of the molecule is Cc1nc(-c2cc(S(=O)(=O)N3CCC[C@@H](C(=O)Nc4ccc5c(c4)OCCO5)C3)c(C)s2)no1. The van der Waals surface area contributed by atoms with Crippen LogP contribution >= 0.6 is 11.3 Å². The van der Waals surface area contributed by atoms with Crippen LogP contribution < -0.4 is 14.8 Å². The average Bonchev–Trinajstić information content (AvgIpc) is 3.45. The highest BCUT2D eigenvalue weighted by atomic mass is 32.2. The van der Waals surface area contributed by atoms with E-state index in [1.807, 2.05) is 0 Å². The number of anilines is 1. The minimum Gasteiger partial charge on any atom is -0.486 e. The van der Waals surface area contributed by atoms with Crippen LogP contribution in [0.25, 0.3) is 10.7 Å². The summed E-state index contributed by atoms with van der Waals surface area (Å²) in [5, 5.41) is 6.78. The molecule has 34 heavy (non-hydrogen) atoms. The van der Waals surface area contributed by atoms with Crippen LogP contribution in [0.15, 0.2) is 33.7 Å². The highest BCUT2D eigenvalue weighted by molar-refractivity contribution is 7.89. The fourth-order valence-electron chi connectivity index (χ4n) is 4.11. The number of carbonyl (C=O) groups excluding carboxylic acids is 1. The van der Waals surface area contributed by atoms with Gasteiger partial charge in [-0.15, -0.1) is 11.3 Å². The number of hydrogen-bond acceptors (Lipinski definition) is 9. The normalized spacial score (nSPS) is 18.6. The summed E-state index contributed by atoms with van der Waals surface area (Å²) < 4.78 is 44.4. The third kappa shape index (κ3) is 4.40. The molecule has 2 aliphatic rings. The Bertz CT molecular complexity index is 1330. The lowest BCUT2D eigenvalue weighted by atomic mass is 9.98. The number of ether oxygens (including phenoxy) is 2. The number of nitrogens with zero attached hydrogens (tertiary/aromatic N) is 3. The number of thiophene rings is 1. The highest BCUT2D eigenvalue weighted by Crippen LogP contribution is 2.36. The van der Waals surface area contributed by atoms with Gasteiger partial charge in [0.15, 0.2) is 11.5 Å². The minimum absolute atomic E-state index is 0.116. The molecular formula is C22H24N4O6S2. The summed E-state index contributed by atoms with van der Waals surface area (Å²) in [7, 11) is -3.78. The van der Waals surface area contributed by atoms with Crippen molar-refractivity contribution in [1.29, 1.82) is 0 Å². The van der Waals surface area contributed by atoms with Crippen molar-refractivity contribution >= 4 is 33.0 Å². The largest absolute Gasteiger partial charge is 0.486 e. The van der Waals surface area contributed by atoms with E-state index in [2.05, 4.69) is 15.5 Å². The molecule has 1 amide bonds. The number of carbonyl (C=O) groups is 1. The number of fused-ring (bicyclic) bond motifs is 1. The van der Waals surface area contributed by atoms with Crippen molar-refractivity contribution < 1.29 is 27.2 Å². The number of benzene rings is 1. The molecule has 0 radical (unpaired) electrons. The Labute approximate surface area is 200 Å². The Morgan fingerprint density at radius 3 is 2.74 bits per heavy atom. The van der Waals surface area contributed by atoms with Gasteiger partial charge in [-0.05, 0) is 38.0 Å². The van der Waals surface area contributed by atoms with Crippen LogP contribution in [0.3, 0.4) is 0 Å². The molecule has 5 rings (SSSR count). The second kappa shape index (κ2) is 9.01. The lowest BCUT2D eigenvalue weighted by molar-refractivity contribution is -0.120. The number of hydrogen-bond donors (Lipinski definition) is 1. The van der Waals surface area contributed by atoms with E-state index in [0.29, 0.717) is 71.3 Å². The molecule has 12 heteroatoms. The van der Waals surface area contributed by atoms with Gasteiger partial charge in [0.25, 0.3) is 0 Å². The van der Waals surface area contributed by atoms with Gasteiger partial charge in [0.1, 0.15) is 13.2 Å². The second-order valence-electron chi connectivity index (χ2n) is 8.22. The number of piperidine rings is 1. The lowest BCUT2D eigenvalue weighted by Crippen LogP contribution is -2.43. The van der Waals surface area contributed by atoms with E-state index in [-0.39, 0.29) is 17.3 Å². The number of sulfonamides is 1. The Hall–Kier alpha value is -2.96. The van der Waals surface area contributed by atoms with Crippen LogP contribution in [0.2, 0.25) is 0 Å². The van der Waals surface area contributed by atoms with Crippen LogP contribution in [0.5, 0.6) is 11.5 Å². The number of aromatic nitrogens is 2. The molecule has 1 saturated heterocycles. The molecule has 1 aromatic carbocycles. The van der Waals surface area contributed by atoms with Crippen molar-refractivity contribution in [2.45, 2.75) is 31.6 Å². The number of nitrogens with one attached hydrogen (secondary N) is 1. The summed E-state index contributed by atoms with van der Waals surface area (Å²) in [5.74, 6) is 1.31. The van der Waals surface area contributed by atoms with Crippen molar-refractivity contribution in [3.8, 4) is 22.2 Å². The maximum absolute atomic E-state index is 13.5. The molecule has 0 aliphatic carbocycles. The Morgan fingerprint density at radius 2 is 1.97 bits per heavy atom. The zero-order valence-electron chi connectivity index (χ0n) is 18.7. The summed E-state index contributed by atoms with van der Waals surface area (Å²) in [6, 6.07) is 6.81. The topological polar surface area (TPSA) is 124 Å². The average molecular weight is 505 g/mol. The summed E-state index contributed by atoms with van der Waals surface area (Å²) in [4.78, 5) is 18.6. The molecule has 0 unspecified atom stereocenters. The predicted molar refractivity (Wildman–Crippen MR) is 125 cm³/mol. The second-order valence-corrected chi connectivity index (χ2v) is 11.4. The fourth-order valence-corrected chi connectivity index (χ4v) is 7.12. The molecule has 1 fully saturated rings.